The van der Waals surface area contributed by atoms with Crippen LogP contribution in [0.4, 0.5) is 0 Å². The van der Waals surface area contributed by atoms with Crippen molar-refractivity contribution in [1.82, 2.24) is 9.88 Å². The van der Waals surface area contributed by atoms with Crippen molar-refractivity contribution in [2.24, 2.45) is 0 Å². The summed E-state index contributed by atoms with van der Waals surface area (Å²) < 4.78 is 1.63. The van der Waals surface area contributed by atoms with Crippen LogP contribution >= 0.6 is 0 Å². The van der Waals surface area contributed by atoms with Gasteiger partial charge >= 0.3 is 0 Å². The molecule has 1 rings (SSSR count). The highest BCUT2D eigenvalue weighted by Crippen LogP contribution is 2.02. The molecule has 0 radical (unpaired) electrons. The standard InChI is InChI=1S/C9H12N2O2/c1-7(12)8-4-3-5-11(8)6-9(13)10-2/h3-5H,6H2,1-2H3,(H,10,13). The van der Waals surface area contributed by atoms with E-state index in [0.717, 1.165) is 0 Å². The molecular formula is C9H12N2O2. The molecule has 1 amide bonds. The van der Waals surface area contributed by atoms with Gasteiger partial charge in [0, 0.05) is 20.2 Å². The Morgan fingerprint density at radius 2 is 2.23 bits per heavy atom. The molecule has 1 N–H and O–H groups in total. The quantitative estimate of drug-likeness (QED) is 0.686. The summed E-state index contributed by atoms with van der Waals surface area (Å²) in [5.41, 5.74) is 0.559. The molecule has 0 saturated carbocycles. The molecule has 0 aromatic carbocycles. The van der Waals surface area contributed by atoms with Crippen LogP contribution in [-0.2, 0) is 11.3 Å². The zero-order chi connectivity index (χ0) is 9.84. The summed E-state index contributed by atoms with van der Waals surface area (Å²) in [6.07, 6.45) is 1.71. The van der Waals surface area contributed by atoms with Gasteiger partial charge in [-0.2, -0.15) is 0 Å². The lowest BCUT2D eigenvalue weighted by Crippen LogP contribution is -2.24. The number of aromatic nitrogens is 1. The molecule has 0 aliphatic carbocycles. The van der Waals surface area contributed by atoms with Crippen molar-refractivity contribution < 1.29 is 9.59 Å². The highest BCUT2D eigenvalue weighted by Gasteiger charge is 2.07. The van der Waals surface area contributed by atoms with Crippen LogP contribution in [0.25, 0.3) is 0 Å². The number of hydrogen-bond donors (Lipinski definition) is 1. The minimum atomic E-state index is -0.112. The third-order valence-electron chi connectivity index (χ3n) is 1.78. The zero-order valence-corrected chi connectivity index (χ0v) is 7.70. The van der Waals surface area contributed by atoms with E-state index in [2.05, 4.69) is 5.32 Å². The summed E-state index contributed by atoms with van der Waals surface area (Å²) in [6.45, 7) is 1.67. The van der Waals surface area contributed by atoms with Crippen LogP contribution in [0, 0.1) is 0 Å². The lowest BCUT2D eigenvalue weighted by Gasteiger charge is -2.04. The van der Waals surface area contributed by atoms with Gasteiger partial charge in [-0.25, -0.2) is 0 Å². The maximum absolute atomic E-state index is 11.0. The van der Waals surface area contributed by atoms with Crippen molar-refractivity contribution in [2.45, 2.75) is 13.5 Å². The van der Waals surface area contributed by atoms with Gasteiger partial charge < -0.3 is 9.88 Å². The normalized spacial score (nSPS) is 9.69. The van der Waals surface area contributed by atoms with E-state index in [-0.39, 0.29) is 18.2 Å². The number of ketones is 1. The first-order valence-corrected chi connectivity index (χ1v) is 4.02. The Morgan fingerprint density at radius 1 is 1.54 bits per heavy atom. The summed E-state index contributed by atoms with van der Waals surface area (Å²) >= 11 is 0. The van der Waals surface area contributed by atoms with Crippen LogP contribution in [0.5, 0.6) is 0 Å². The Hall–Kier alpha value is -1.58. The lowest BCUT2D eigenvalue weighted by atomic mass is 10.3. The second-order valence-electron chi connectivity index (χ2n) is 2.75. The van der Waals surface area contributed by atoms with E-state index >= 15 is 0 Å². The van der Waals surface area contributed by atoms with E-state index in [0.29, 0.717) is 5.69 Å². The first-order valence-electron chi connectivity index (χ1n) is 4.02. The topological polar surface area (TPSA) is 51.1 Å². The van der Waals surface area contributed by atoms with Crippen molar-refractivity contribution >= 4 is 11.7 Å². The molecule has 1 aromatic heterocycles. The zero-order valence-electron chi connectivity index (χ0n) is 7.70. The molecule has 13 heavy (non-hydrogen) atoms. The predicted molar refractivity (Wildman–Crippen MR) is 48.5 cm³/mol. The van der Waals surface area contributed by atoms with E-state index in [9.17, 15) is 9.59 Å². The first kappa shape index (κ1) is 9.51. The number of amides is 1. The van der Waals surface area contributed by atoms with Crippen LogP contribution in [0.15, 0.2) is 18.3 Å². The van der Waals surface area contributed by atoms with Gasteiger partial charge in [-0.15, -0.1) is 0 Å². The minimum absolute atomic E-state index is 0.0334. The molecule has 0 spiro atoms. The second kappa shape index (κ2) is 3.89. The molecule has 0 unspecified atom stereocenters. The largest absolute Gasteiger partial charge is 0.358 e. The van der Waals surface area contributed by atoms with E-state index < -0.39 is 0 Å². The number of likely N-dealkylation sites (N-methyl/N-ethyl adjacent to an activating group) is 1. The summed E-state index contributed by atoms with van der Waals surface area (Å²) in [5, 5.41) is 2.50. The SMILES string of the molecule is CNC(=O)Cn1cccc1C(C)=O. The van der Waals surface area contributed by atoms with Gasteiger partial charge in [0.05, 0.1) is 5.69 Å². The van der Waals surface area contributed by atoms with Gasteiger partial charge in [0.2, 0.25) is 5.91 Å². The average Bonchev–Trinajstić information content (AvgIpc) is 2.52. The van der Waals surface area contributed by atoms with Gasteiger partial charge in [0.1, 0.15) is 6.54 Å². The van der Waals surface area contributed by atoms with Crippen LogP contribution in [0.1, 0.15) is 17.4 Å². The maximum atomic E-state index is 11.0. The van der Waals surface area contributed by atoms with E-state index in [1.807, 2.05) is 0 Å². The molecule has 1 heterocycles. The molecule has 0 bridgehead atoms. The Balaban J connectivity index is 2.82. The predicted octanol–water partition coefficient (Wildman–Crippen LogP) is 0.437. The number of nitrogens with zero attached hydrogens (tertiary/aromatic N) is 1. The third kappa shape index (κ3) is 2.18. The highest BCUT2D eigenvalue weighted by atomic mass is 16.2. The molecule has 4 nitrogen and oxygen atoms in total. The Labute approximate surface area is 76.5 Å². The monoisotopic (exact) mass is 180 g/mol. The average molecular weight is 180 g/mol. The van der Waals surface area contributed by atoms with Crippen LogP contribution in [0.3, 0.4) is 0 Å². The van der Waals surface area contributed by atoms with Gasteiger partial charge in [-0.3, -0.25) is 9.59 Å². The van der Waals surface area contributed by atoms with Crippen molar-refractivity contribution in [1.29, 1.82) is 0 Å². The summed E-state index contributed by atoms with van der Waals surface area (Å²) in [6, 6.07) is 3.45. The molecule has 0 saturated heterocycles. The first-order chi connectivity index (χ1) is 6.15. The van der Waals surface area contributed by atoms with Gasteiger partial charge in [-0.05, 0) is 12.1 Å². The molecule has 0 aliphatic heterocycles. The van der Waals surface area contributed by atoms with Crippen molar-refractivity contribution in [3.8, 4) is 0 Å². The molecule has 70 valence electrons. The second-order valence-corrected chi connectivity index (χ2v) is 2.75. The Bertz CT molecular complexity index is 328. The van der Waals surface area contributed by atoms with E-state index in [4.69, 9.17) is 0 Å². The number of carbonyl (C=O) groups is 2. The number of hydrogen-bond acceptors (Lipinski definition) is 2. The molecule has 4 heteroatoms. The van der Waals surface area contributed by atoms with Gasteiger partial charge in [0.25, 0.3) is 0 Å². The maximum Gasteiger partial charge on any atom is 0.239 e. The molecule has 0 fully saturated rings. The third-order valence-corrected chi connectivity index (χ3v) is 1.78. The van der Waals surface area contributed by atoms with Gasteiger partial charge in [0.15, 0.2) is 5.78 Å². The molecular weight excluding hydrogens is 168 g/mol. The lowest BCUT2D eigenvalue weighted by molar-refractivity contribution is -0.121. The number of carbonyl (C=O) groups excluding carboxylic acids is 2. The Kier molecular flexibility index (Phi) is 2.84. The fourth-order valence-corrected chi connectivity index (χ4v) is 1.11. The number of nitrogens with one attached hydrogen (secondary N) is 1. The minimum Gasteiger partial charge on any atom is -0.358 e. The summed E-state index contributed by atoms with van der Waals surface area (Å²) in [5.74, 6) is -0.146. The van der Waals surface area contributed by atoms with E-state index in [1.165, 1.54) is 6.92 Å². The highest BCUT2D eigenvalue weighted by molar-refractivity contribution is 5.93. The molecule has 0 aliphatic rings. The molecule has 0 atom stereocenters. The number of rotatable bonds is 3. The van der Waals surface area contributed by atoms with Crippen molar-refractivity contribution in [3.63, 3.8) is 0 Å². The smallest absolute Gasteiger partial charge is 0.239 e. The van der Waals surface area contributed by atoms with Crippen molar-refractivity contribution in [2.75, 3.05) is 7.05 Å². The fourth-order valence-electron chi connectivity index (χ4n) is 1.11. The number of Topliss-reactive ketones (excluding diaryl/α,β-unsaturated/α-hetero) is 1. The van der Waals surface area contributed by atoms with Gasteiger partial charge in [-0.1, -0.05) is 0 Å². The van der Waals surface area contributed by atoms with Crippen molar-refractivity contribution in [3.05, 3.63) is 24.0 Å². The van der Waals surface area contributed by atoms with E-state index in [1.54, 1.807) is 29.9 Å². The molecule has 1 aromatic rings. The van der Waals surface area contributed by atoms with Crippen LogP contribution in [-0.4, -0.2) is 23.3 Å². The van der Waals surface area contributed by atoms with Crippen LogP contribution in [0.2, 0.25) is 0 Å². The fraction of sp³-hybridized carbons (Fsp3) is 0.333. The summed E-state index contributed by atoms with van der Waals surface area (Å²) in [4.78, 5) is 22.1. The Morgan fingerprint density at radius 3 is 2.77 bits per heavy atom. The van der Waals surface area contributed by atoms with Crippen LogP contribution < -0.4 is 5.32 Å². The summed E-state index contributed by atoms with van der Waals surface area (Å²) in [7, 11) is 1.57.